The molecule has 0 saturated carbocycles. The number of halogens is 6. The monoisotopic (exact) mass is 524 g/mol. The lowest BCUT2D eigenvalue weighted by Crippen LogP contribution is -2.13. The number of aromatic nitrogens is 5. The summed E-state index contributed by atoms with van der Waals surface area (Å²) in [6.45, 7) is 3.03. The van der Waals surface area contributed by atoms with E-state index in [9.17, 15) is 26.3 Å². The van der Waals surface area contributed by atoms with Gasteiger partial charge in [0.05, 0.1) is 28.5 Å². The molecular weight excluding hydrogens is 502 g/mol. The van der Waals surface area contributed by atoms with Gasteiger partial charge >= 0.3 is 12.4 Å². The van der Waals surface area contributed by atoms with Crippen molar-refractivity contribution in [2.75, 3.05) is 30.0 Å². The first-order chi connectivity index (χ1) is 17.2. The number of nitrogen functional groups attached to an aromatic ring is 1. The van der Waals surface area contributed by atoms with E-state index >= 15 is 0 Å². The van der Waals surface area contributed by atoms with E-state index in [1.54, 1.807) is 38.1 Å². The fourth-order valence-corrected chi connectivity index (χ4v) is 3.89. The van der Waals surface area contributed by atoms with Gasteiger partial charge in [0, 0.05) is 14.1 Å². The number of anilines is 4. The van der Waals surface area contributed by atoms with Gasteiger partial charge in [-0.15, -0.1) is 5.10 Å². The predicted octanol–water partition coefficient (Wildman–Crippen LogP) is 5.51. The molecule has 196 valence electrons. The molecule has 0 unspecified atom stereocenters. The SMILES string of the molecule is CCc1cc(C(F)(F)F)cc(C)c1-n1nc2nc(Nc3ccc(N(C)C)nc3)nc(C(F)(F)F)c2c1N. The summed E-state index contributed by atoms with van der Waals surface area (Å²) < 4.78 is 83.1. The summed E-state index contributed by atoms with van der Waals surface area (Å²) in [5, 5.41) is 6.28. The van der Waals surface area contributed by atoms with Gasteiger partial charge in [0.15, 0.2) is 11.3 Å². The summed E-state index contributed by atoms with van der Waals surface area (Å²) in [6.07, 6.45) is -7.96. The normalized spacial score (nSPS) is 12.3. The molecule has 1 aromatic carbocycles. The smallest absolute Gasteiger partial charge is 0.383 e. The number of hydrogen-bond acceptors (Lipinski definition) is 7. The second-order valence-electron chi connectivity index (χ2n) is 8.47. The molecular formula is C23H22F6N8. The van der Waals surface area contributed by atoms with Crippen LogP contribution in [0.2, 0.25) is 0 Å². The first-order valence-corrected chi connectivity index (χ1v) is 11.0. The van der Waals surface area contributed by atoms with Gasteiger partial charge in [0.2, 0.25) is 5.95 Å². The van der Waals surface area contributed by atoms with Crippen LogP contribution >= 0.6 is 0 Å². The molecule has 0 aliphatic carbocycles. The Morgan fingerprint density at radius 2 is 1.73 bits per heavy atom. The quantitative estimate of drug-likeness (QED) is 0.332. The maximum atomic E-state index is 14.0. The van der Waals surface area contributed by atoms with E-state index < -0.39 is 40.8 Å². The molecule has 0 atom stereocenters. The molecule has 3 N–H and O–H groups in total. The predicted molar refractivity (Wildman–Crippen MR) is 127 cm³/mol. The molecule has 37 heavy (non-hydrogen) atoms. The second-order valence-corrected chi connectivity index (χ2v) is 8.47. The van der Waals surface area contributed by atoms with Gasteiger partial charge in [-0.25, -0.2) is 14.6 Å². The van der Waals surface area contributed by atoms with Gasteiger partial charge in [-0.2, -0.15) is 31.3 Å². The Hall–Kier alpha value is -4.10. The molecule has 0 saturated heterocycles. The standard InChI is InChI=1S/C23H22F6N8/c1-5-12-9-13(22(24,25)26)8-11(2)17(12)37-19(30)16-18(23(27,28)29)33-21(34-20(16)35-37)32-14-6-7-15(31-10-14)36(3)4/h6-10H,5,30H2,1-4H3,(H,32,34,35). The second kappa shape index (κ2) is 9.09. The molecule has 0 amide bonds. The Balaban J connectivity index is 1.89. The van der Waals surface area contributed by atoms with Crippen molar-refractivity contribution in [3.05, 3.63) is 52.8 Å². The van der Waals surface area contributed by atoms with E-state index in [1.165, 1.54) is 13.1 Å². The average Bonchev–Trinajstić information content (AvgIpc) is 3.12. The summed E-state index contributed by atoms with van der Waals surface area (Å²) in [6, 6.07) is 5.07. The molecule has 0 aliphatic heterocycles. The molecule has 3 heterocycles. The van der Waals surface area contributed by atoms with Crippen molar-refractivity contribution in [3.63, 3.8) is 0 Å². The minimum absolute atomic E-state index is 0.137. The Morgan fingerprint density at radius 3 is 2.27 bits per heavy atom. The third kappa shape index (κ3) is 4.95. The molecule has 8 nitrogen and oxygen atoms in total. The van der Waals surface area contributed by atoms with Gasteiger partial charge in [-0.05, 0) is 48.7 Å². The van der Waals surface area contributed by atoms with E-state index in [-0.39, 0.29) is 28.9 Å². The van der Waals surface area contributed by atoms with Crippen LogP contribution in [-0.4, -0.2) is 38.8 Å². The highest BCUT2D eigenvalue weighted by Gasteiger charge is 2.38. The first-order valence-electron chi connectivity index (χ1n) is 11.0. The van der Waals surface area contributed by atoms with E-state index in [1.807, 2.05) is 0 Å². The zero-order valence-electron chi connectivity index (χ0n) is 20.1. The number of aryl methyl sites for hydroxylation is 2. The minimum Gasteiger partial charge on any atom is -0.383 e. The minimum atomic E-state index is -4.92. The van der Waals surface area contributed by atoms with Crippen LogP contribution in [0.4, 0.5) is 49.6 Å². The van der Waals surface area contributed by atoms with Gasteiger partial charge in [0.1, 0.15) is 11.6 Å². The highest BCUT2D eigenvalue weighted by molar-refractivity contribution is 5.91. The molecule has 14 heteroatoms. The highest BCUT2D eigenvalue weighted by Crippen LogP contribution is 2.39. The molecule has 0 fully saturated rings. The lowest BCUT2D eigenvalue weighted by atomic mass is 10.0. The van der Waals surface area contributed by atoms with Gasteiger partial charge in [-0.1, -0.05) is 6.92 Å². The largest absolute Gasteiger partial charge is 0.434 e. The summed E-state index contributed by atoms with van der Waals surface area (Å²) in [7, 11) is 3.57. The molecule has 4 aromatic rings. The van der Waals surface area contributed by atoms with Crippen LogP contribution in [0, 0.1) is 6.92 Å². The summed E-state index contributed by atoms with van der Waals surface area (Å²) in [4.78, 5) is 13.7. The third-order valence-corrected chi connectivity index (χ3v) is 5.60. The number of alkyl halides is 6. The van der Waals surface area contributed by atoms with E-state index in [4.69, 9.17) is 5.73 Å². The van der Waals surface area contributed by atoms with Gasteiger partial charge in [-0.3, -0.25) is 0 Å². The van der Waals surface area contributed by atoms with Crippen molar-refractivity contribution in [2.24, 2.45) is 0 Å². The third-order valence-electron chi connectivity index (χ3n) is 5.60. The Morgan fingerprint density at radius 1 is 1.03 bits per heavy atom. The van der Waals surface area contributed by atoms with E-state index in [0.29, 0.717) is 11.5 Å². The van der Waals surface area contributed by atoms with Gasteiger partial charge in [0.25, 0.3) is 0 Å². The summed E-state index contributed by atoms with van der Waals surface area (Å²) in [5.41, 5.74) is 4.34. The zero-order chi connectivity index (χ0) is 27.3. The lowest BCUT2D eigenvalue weighted by molar-refractivity contribution is -0.140. The summed E-state index contributed by atoms with van der Waals surface area (Å²) in [5.74, 6) is -0.213. The molecule has 3 aromatic heterocycles. The van der Waals surface area contributed by atoms with E-state index in [2.05, 4.69) is 25.4 Å². The summed E-state index contributed by atoms with van der Waals surface area (Å²) >= 11 is 0. The topological polar surface area (TPSA) is 97.8 Å². The molecule has 0 radical (unpaired) electrons. The van der Waals surface area contributed by atoms with E-state index in [0.717, 1.165) is 16.8 Å². The number of nitrogens with zero attached hydrogens (tertiary/aromatic N) is 6. The molecule has 4 rings (SSSR count). The number of benzene rings is 1. The maximum Gasteiger partial charge on any atom is 0.434 e. The highest BCUT2D eigenvalue weighted by atomic mass is 19.4. The number of rotatable bonds is 5. The lowest BCUT2D eigenvalue weighted by Gasteiger charge is -2.16. The van der Waals surface area contributed by atoms with Crippen molar-refractivity contribution < 1.29 is 26.3 Å². The van der Waals surface area contributed by atoms with Crippen molar-refractivity contribution in [1.82, 2.24) is 24.7 Å². The van der Waals surface area contributed by atoms with Crippen LogP contribution in [0.1, 0.15) is 29.3 Å². The van der Waals surface area contributed by atoms with Crippen LogP contribution in [0.5, 0.6) is 0 Å². The zero-order valence-corrected chi connectivity index (χ0v) is 20.1. The van der Waals surface area contributed by atoms with Crippen molar-refractivity contribution in [3.8, 4) is 5.69 Å². The fraction of sp³-hybridized carbons (Fsp3) is 0.304. The maximum absolute atomic E-state index is 14.0. The van der Waals surface area contributed by atoms with Crippen molar-refractivity contribution in [2.45, 2.75) is 32.6 Å². The number of fused-ring (bicyclic) bond motifs is 1. The number of pyridine rings is 1. The Labute approximate surface area is 207 Å². The van der Waals surface area contributed by atoms with Gasteiger partial charge < -0.3 is 16.0 Å². The molecule has 0 bridgehead atoms. The average molecular weight is 524 g/mol. The molecule has 0 aliphatic rings. The van der Waals surface area contributed by atoms with Crippen molar-refractivity contribution in [1.29, 1.82) is 0 Å². The number of hydrogen-bond donors (Lipinski definition) is 2. The van der Waals surface area contributed by atoms with Crippen LogP contribution < -0.4 is 16.0 Å². The molecule has 0 spiro atoms. The number of nitrogens with one attached hydrogen (secondary N) is 1. The van der Waals surface area contributed by atoms with Crippen LogP contribution in [0.3, 0.4) is 0 Å². The van der Waals surface area contributed by atoms with Crippen LogP contribution in [0.15, 0.2) is 30.5 Å². The Bertz CT molecular complexity index is 1460. The van der Waals surface area contributed by atoms with Crippen molar-refractivity contribution >= 4 is 34.3 Å². The first kappa shape index (κ1) is 26.0. The van der Waals surface area contributed by atoms with Crippen LogP contribution in [-0.2, 0) is 18.8 Å². The fourth-order valence-electron chi connectivity index (χ4n) is 3.89. The number of nitrogens with two attached hydrogens (primary N) is 1. The Kier molecular flexibility index (Phi) is 6.38. The van der Waals surface area contributed by atoms with Crippen LogP contribution in [0.25, 0.3) is 16.7 Å².